The lowest BCUT2D eigenvalue weighted by Gasteiger charge is -2.33. The molecule has 1 aromatic carbocycles. The van der Waals surface area contributed by atoms with Crippen LogP contribution in [0, 0.1) is 19.8 Å². The Morgan fingerprint density at radius 3 is 2.67 bits per heavy atom. The molecule has 1 saturated heterocycles. The molecule has 2 unspecified atom stereocenters. The van der Waals surface area contributed by atoms with E-state index in [4.69, 9.17) is 10.5 Å². The lowest BCUT2D eigenvalue weighted by molar-refractivity contribution is 0.0892. The van der Waals surface area contributed by atoms with Gasteiger partial charge in [-0.25, -0.2) is 0 Å². The van der Waals surface area contributed by atoms with Crippen molar-refractivity contribution < 1.29 is 4.74 Å². The number of likely N-dealkylation sites (tertiary alicyclic amines) is 1. The third kappa shape index (κ3) is 5.10. The minimum Gasteiger partial charge on any atom is -0.384 e. The van der Waals surface area contributed by atoms with Crippen molar-refractivity contribution in [2.45, 2.75) is 39.2 Å². The Bertz CT molecular complexity index is 425. The van der Waals surface area contributed by atoms with E-state index in [2.05, 4.69) is 36.9 Å². The first-order valence-corrected chi connectivity index (χ1v) is 8.13. The lowest BCUT2D eigenvalue weighted by Crippen LogP contribution is -2.38. The van der Waals surface area contributed by atoms with E-state index in [0.29, 0.717) is 5.92 Å². The van der Waals surface area contributed by atoms with Gasteiger partial charge in [-0.3, -0.25) is 0 Å². The molecule has 0 bridgehead atoms. The van der Waals surface area contributed by atoms with Crippen LogP contribution in [-0.2, 0) is 4.74 Å². The minimum absolute atomic E-state index is 0.145. The fourth-order valence-corrected chi connectivity index (χ4v) is 3.44. The molecule has 0 saturated carbocycles. The Balaban J connectivity index is 1.84. The number of piperidine rings is 1. The van der Waals surface area contributed by atoms with Crippen molar-refractivity contribution in [1.82, 2.24) is 4.90 Å². The second kappa shape index (κ2) is 7.92. The summed E-state index contributed by atoms with van der Waals surface area (Å²) in [6, 6.07) is 6.80. The topological polar surface area (TPSA) is 38.5 Å². The van der Waals surface area contributed by atoms with Crippen LogP contribution in [0.2, 0.25) is 0 Å². The van der Waals surface area contributed by atoms with Crippen molar-refractivity contribution in [3.8, 4) is 0 Å². The summed E-state index contributed by atoms with van der Waals surface area (Å²) in [5, 5.41) is 0. The number of nitrogens with two attached hydrogens (primary N) is 1. The van der Waals surface area contributed by atoms with Crippen LogP contribution in [0.3, 0.4) is 0 Å². The van der Waals surface area contributed by atoms with Gasteiger partial charge in [-0.1, -0.05) is 29.3 Å². The first kappa shape index (κ1) is 16.5. The highest BCUT2D eigenvalue weighted by atomic mass is 16.5. The maximum absolute atomic E-state index is 6.39. The maximum atomic E-state index is 6.39. The van der Waals surface area contributed by atoms with Gasteiger partial charge in [0.15, 0.2) is 0 Å². The molecule has 2 rings (SSSR count). The number of benzene rings is 1. The van der Waals surface area contributed by atoms with Crippen molar-refractivity contribution in [3.63, 3.8) is 0 Å². The standard InChI is InChI=1S/C18H30N2O/c1-14-9-15(2)11-17(10-14)18(19)6-8-20-7-4-5-16(12-20)13-21-3/h9-11,16,18H,4-8,12-13,19H2,1-3H3. The summed E-state index contributed by atoms with van der Waals surface area (Å²) in [4.78, 5) is 2.55. The van der Waals surface area contributed by atoms with Gasteiger partial charge in [0.1, 0.15) is 0 Å². The lowest BCUT2D eigenvalue weighted by atomic mass is 9.97. The summed E-state index contributed by atoms with van der Waals surface area (Å²) >= 11 is 0. The summed E-state index contributed by atoms with van der Waals surface area (Å²) in [7, 11) is 1.80. The molecule has 3 nitrogen and oxygen atoms in total. The fraction of sp³-hybridized carbons (Fsp3) is 0.667. The van der Waals surface area contributed by atoms with Gasteiger partial charge < -0.3 is 15.4 Å². The zero-order valence-corrected chi connectivity index (χ0v) is 13.8. The molecule has 3 heteroatoms. The Kier molecular flexibility index (Phi) is 6.22. The van der Waals surface area contributed by atoms with Crippen LogP contribution >= 0.6 is 0 Å². The highest BCUT2D eigenvalue weighted by Crippen LogP contribution is 2.21. The summed E-state index contributed by atoms with van der Waals surface area (Å²) in [6.07, 6.45) is 3.61. The van der Waals surface area contributed by atoms with E-state index in [-0.39, 0.29) is 6.04 Å². The highest BCUT2D eigenvalue weighted by molar-refractivity contribution is 5.30. The van der Waals surface area contributed by atoms with Gasteiger partial charge in [0.25, 0.3) is 0 Å². The monoisotopic (exact) mass is 290 g/mol. The average molecular weight is 290 g/mol. The number of nitrogens with zero attached hydrogens (tertiary/aromatic N) is 1. The first-order valence-electron chi connectivity index (χ1n) is 8.13. The quantitative estimate of drug-likeness (QED) is 0.875. The van der Waals surface area contributed by atoms with Crippen LogP contribution < -0.4 is 5.73 Å². The molecule has 0 spiro atoms. The Hall–Kier alpha value is -0.900. The SMILES string of the molecule is COCC1CCCN(CCC(N)c2cc(C)cc(C)c2)C1. The van der Waals surface area contributed by atoms with Crippen molar-refractivity contribution >= 4 is 0 Å². The second-order valence-electron chi connectivity index (χ2n) is 6.58. The maximum Gasteiger partial charge on any atom is 0.0502 e. The zero-order chi connectivity index (χ0) is 15.2. The van der Waals surface area contributed by atoms with Gasteiger partial charge in [-0.2, -0.15) is 0 Å². The summed E-state index contributed by atoms with van der Waals surface area (Å²) in [5.41, 5.74) is 10.3. The second-order valence-corrected chi connectivity index (χ2v) is 6.58. The van der Waals surface area contributed by atoms with Gasteiger partial charge in [0, 0.05) is 19.7 Å². The molecular formula is C18H30N2O. The van der Waals surface area contributed by atoms with Gasteiger partial charge >= 0.3 is 0 Å². The molecule has 1 heterocycles. The van der Waals surface area contributed by atoms with Crippen LogP contribution in [0.4, 0.5) is 0 Å². The van der Waals surface area contributed by atoms with Crippen LogP contribution in [0.5, 0.6) is 0 Å². The summed E-state index contributed by atoms with van der Waals surface area (Å²) in [5.74, 6) is 0.696. The van der Waals surface area contributed by atoms with Crippen molar-refractivity contribution in [2.24, 2.45) is 11.7 Å². The zero-order valence-electron chi connectivity index (χ0n) is 13.8. The smallest absolute Gasteiger partial charge is 0.0502 e. The molecule has 2 atom stereocenters. The Morgan fingerprint density at radius 2 is 2.00 bits per heavy atom. The van der Waals surface area contributed by atoms with Gasteiger partial charge in [0.2, 0.25) is 0 Å². The van der Waals surface area contributed by atoms with E-state index in [9.17, 15) is 0 Å². The molecule has 2 N–H and O–H groups in total. The molecule has 1 aliphatic rings. The van der Waals surface area contributed by atoms with Crippen molar-refractivity contribution in [2.75, 3.05) is 33.4 Å². The summed E-state index contributed by atoms with van der Waals surface area (Å²) in [6.45, 7) is 8.63. The number of methoxy groups -OCH3 is 1. The molecule has 0 radical (unpaired) electrons. The molecule has 118 valence electrons. The van der Waals surface area contributed by atoms with Crippen LogP contribution in [0.1, 0.15) is 42.0 Å². The number of rotatable bonds is 6. The van der Waals surface area contributed by atoms with Gasteiger partial charge in [-0.15, -0.1) is 0 Å². The fourth-order valence-electron chi connectivity index (χ4n) is 3.44. The predicted octanol–water partition coefficient (Wildman–Crippen LogP) is 3.05. The number of hydrogen-bond acceptors (Lipinski definition) is 3. The highest BCUT2D eigenvalue weighted by Gasteiger charge is 2.20. The van der Waals surface area contributed by atoms with E-state index in [1.807, 2.05) is 0 Å². The number of ether oxygens (including phenoxy) is 1. The van der Waals surface area contributed by atoms with E-state index in [0.717, 1.165) is 26.1 Å². The van der Waals surface area contributed by atoms with Crippen molar-refractivity contribution in [1.29, 1.82) is 0 Å². The molecule has 1 aliphatic heterocycles. The van der Waals surface area contributed by atoms with E-state index >= 15 is 0 Å². The van der Waals surface area contributed by atoms with Gasteiger partial charge in [-0.05, 0) is 57.7 Å². The largest absolute Gasteiger partial charge is 0.384 e. The molecule has 1 fully saturated rings. The normalized spacial score (nSPS) is 21.4. The molecular weight excluding hydrogens is 260 g/mol. The molecule has 0 aliphatic carbocycles. The van der Waals surface area contributed by atoms with E-state index < -0.39 is 0 Å². The molecule has 1 aromatic rings. The Labute approximate surface area is 129 Å². The average Bonchev–Trinajstić information content (AvgIpc) is 2.44. The molecule has 0 amide bonds. The van der Waals surface area contributed by atoms with Crippen molar-refractivity contribution in [3.05, 3.63) is 34.9 Å². The summed E-state index contributed by atoms with van der Waals surface area (Å²) < 4.78 is 5.30. The third-order valence-electron chi connectivity index (χ3n) is 4.43. The van der Waals surface area contributed by atoms with Crippen LogP contribution in [0.15, 0.2) is 18.2 Å². The number of aryl methyl sites for hydroxylation is 2. The van der Waals surface area contributed by atoms with E-state index in [1.54, 1.807) is 7.11 Å². The van der Waals surface area contributed by atoms with Gasteiger partial charge in [0.05, 0.1) is 6.61 Å². The first-order chi connectivity index (χ1) is 10.1. The third-order valence-corrected chi connectivity index (χ3v) is 4.43. The number of hydrogen-bond donors (Lipinski definition) is 1. The molecule has 21 heavy (non-hydrogen) atoms. The minimum atomic E-state index is 0.145. The van der Waals surface area contributed by atoms with E-state index in [1.165, 1.54) is 36.1 Å². The predicted molar refractivity (Wildman–Crippen MR) is 88.5 cm³/mol. The van der Waals surface area contributed by atoms with Crippen LogP contribution in [-0.4, -0.2) is 38.3 Å². The molecule has 0 aromatic heterocycles. The Morgan fingerprint density at radius 1 is 1.29 bits per heavy atom. The van der Waals surface area contributed by atoms with Crippen LogP contribution in [0.25, 0.3) is 0 Å².